The number of nitrogens with one attached hydrogen (secondary N) is 1. The Morgan fingerprint density at radius 3 is 1.79 bits per heavy atom. The number of aliphatic hydroxyl groups is 2. The van der Waals surface area contributed by atoms with Crippen molar-refractivity contribution in [2.45, 2.75) is 103 Å². The van der Waals surface area contributed by atoms with E-state index in [0.29, 0.717) is 0 Å². The minimum absolute atomic E-state index is 0.201. The van der Waals surface area contributed by atoms with Crippen LogP contribution in [0.1, 0.15) is 90.9 Å². The summed E-state index contributed by atoms with van der Waals surface area (Å²) in [4.78, 5) is 12.1. The average molecular weight is 472 g/mol. The van der Waals surface area contributed by atoms with Crippen molar-refractivity contribution < 1.29 is 15.0 Å². The molecule has 0 rings (SSSR count). The summed E-state index contributed by atoms with van der Waals surface area (Å²) in [5.74, 6) is -0.201. The van der Waals surface area contributed by atoms with Gasteiger partial charge in [-0.25, -0.2) is 0 Å². The summed E-state index contributed by atoms with van der Waals surface area (Å²) in [6.45, 7) is 4.04. The highest BCUT2D eigenvalue weighted by atomic mass is 16.3. The number of rotatable bonds is 21. The minimum Gasteiger partial charge on any atom is -0.394 e. The van der Waals surface area contributed by atoms with Crippen LogP contribution in [0.4, 0.5) is 0 Å². The van der Waals surface area contributed by atoms with E-state index in [4.69, 9.17) is 0 Å². The van der Waals surface area contributed by atoms with Crippen LogP contribution in [-0.4, -0.2) is 34.9 Å². The van der Waals surface area contributed by atoms with Gasteiger partial charge in [-0.3, -0.25) is 4.79 Å². The molecule has 3 N–H and O–H groups in total. The van der Waals surface area contributed by atoms with E-state index in [1.165, 1.54) is 25.7 Å². The molecule has 0 heterocycles. The van der Waals surface area contributed by atoms with Crippen LogP contribution in [0.15, 0.2) is 72.9 Å². The van der Waals surface area contributed by atoms with E-state index >= 15 is 0 Å². The van der Waals surface area contributed by atoms with E-state index in [-0.39, 0.29) is 18.9 Å². The molecule has 4 heteroatoms. The fraction of sp³-hybridized carbons (Fsp3) is 0.567. The normalized spacial score (nSPS) is 14.6. The van der Waals surface area contributed by atoms with Crippen molar-refractivity contribution in [1.82, 2.24) is 5.32 Å². The molecule has 0 saturated carbocycles. The Morgan fingerprint density at radius 1 is 0.735 bits per heavy atom. The zero-order valence-electron chi connectivity index (χ0n) is 21.6. The summed E-state index contributed by atoms with van der Waals surface area (Å²) in [6.07, 6.45) is 35.7. The highest BCUT2D eigenvalue weighted by Gasteiger charge is 2.17. The molecule has 0 bridgehead atoms. The van der Waals surface area contributed by atoms with Crippen LogP contribution in [0, 0.1) is 0 Å². The van der Waals surface area contributed by atoms with Gasteiger partial charge in [0.05, 0.1) is 18.8 Å². The number of amides is 1. The Kier molecular flexibility index (Phi) is 23.8. The second-order valence-electron chi connectivity index (χ2n) is 8.39. The largest absolute Gasteiger partial charge is 0.394 e. The molecule has 34 heavy (non-hydrogen) atoms. The zero-order chi connectivity index (χ0) is 25.1. The lowest BCUT2D eigenvalue weighted by molar-refractivity contribution is -0.122. The fourth-order valence-corrected chi connectivity index (χ4v) is 3.18. The van der Waals surface area contributed by atoms with Gasteiger partial charge in [-0.15, -0.1) is 0 Å². The molecule has 2 atom stereocenters. The number of hydrogen-bond acceptors (Lipinski definition) is 3. The lowest BCUT2D eigenvalue weighted by Gasteiger charge is -2.19. The van der Waals surface area contributed by atoms with Gasteiger partial charge >= 0.3 is 0 Å². The maximum absolute atomic E-state index is 12.1. The van der Waals surface area contributed by atoms with E-state index < -0.39 is 12.1 Å². The zero-order valence-corrected chi connectivity index (χ0v) is 21.6. The third kappa shape index (κ3) is 21.7. The van der Waals surface area contributed by atoms with Crippen LogP contribution in [0.5, 0.6) is 0 Å². The Bertz CT molecular complexity index is 643. The van der Waals surface area contributed by atoms with Crippen molar-refractivity contribution in [3.8, 4) is 0 Å². The van der Waals surface area contributed by atoms with Gasteiger partial charge in [-0.1, -0.05) is 112 Å². The smallest absolute Gasteiger partial charge is 0.224 e. The van der Waals surface area contributed by atoms with E-state index in [0.717, 1.165) is 44.9 Å². The van der Waals surface area contributed by atoms with Gasteiger partial charge in [0.15, 0.2) is 0 Å². The van der Waals surface area contributed by atoms with Crippen molar-refractivity contribution in [3.05, 3.63) is 72.9 Å². The van der Waals surface area contributed by atoms with Crippen LogP contribution in [0.2, 0.25) is 0 Å². The third-order valence-electron chi connectivity index (χ3n) is 5.22. The maximum atomic E-state index is 12.1. The molecule has 192 valence electrons. The Labute approximate surface area is 208 Å². The second kappa shape index (κ2) is 25.5. The number of allylic oxidation sites excluding steroid dienone is 10. The average Bonchev–Trinajstić information content (AvgIpc) is 2.84. The van der Waals surface area contributed by atoms with Crippen LogP contribution < -0.4 is 5.32 Å². The first kappa shape index (κ1) is 31.8. The topological polar surface area (TPSA) is 69.6 Å². The molecule has 0 aromatic heterocycles. The predicted molar refractivity (Wildman–Crippen MR) is 147 cm³/mol. The van der Waals surface area contributed by atoms with Gasteiger partial charge in [0.25, 0.3) is 0 Å². The number of aliphatic hydroxyl groups excluding tert-OH is 2. The summed E-state index contributed by atoms with van der Waals surface area (Å²) >= 11 is 0. The van der Waals surface area contributed by atoms with E-state index in [1.54, 1.807) is 6.08 Å². The van der Waals surface area contributed by atoms with Gasteiger partial charge in [0.2, 0.25) is 5.91 Å². The van der Waals surface area contributed by atoms with Crippen LogP contribution in [0.3, 0.4) is 0 Å². The molecular weight excluding hydrogens is 422 g/mol. The monoisotopic (exact) mass is 471 g/mol. The summed E-state index contributed by atoms with van der Waals surface area (Å²) in [7, 11) is 0. The Hall–Kier alpha value is -2.17. The van der Waals surface area contributed by atoms with E-state index in [9.17, 15) is 15.0 Å². The van der Waals surface area contributed by atoms with E-state index in [1.807, 2.05) is 18.2 Å². The van der Waals surface area contributed by atoms with Crippen molar-refractivity contribution in [1.29, 1.82) is 0 Å². The number of carbonyl (C=O) groups is 1. The molecule has 0 spiro atoms. The van der Waals surface area contributed by atoms with Gasteiger partial charge in [-0.05, 0) is 44.9 Å². The molecule has 2 unspecified atom stereocenters. The SMILES string of the molecule is CC/C=C\C/C=C\C/C=C\C/C=C\C/C=C\CC(=O)NC(CO)C(O)/C=C/CCCCCCC. The van der Waals surface area contributed by atoms with Gasteiger partial charge in [-0.2, -0.15) is 0 Å². The molecular formula is C30H49NO3. The van der Waals surface area contributed by atoms with Crippen LogP contribution >= 0.6 is 0 Å². The maximum Gasteiger partial charge on any atom is 0.224 e. The molecule has 0 radical (unpaired) electrons. The summed E-state index contributed by atoms with van der Waals surface area (Å²) in [5.41, 5.74) is 0. The molecule has 0 aliphatic heterocycles. The Morgan fingerprint density at radius 2 is 1.26 bits per heavy atom. The fourth-order valence-electron chi connectivity index (χ4n) is 3.18. The quantitative estimate of drug-likeness (QED) is 0.126. The van der Waals surface area contributed by atoms with Crippen LogP contribution in [0.25, 0.3) is 0 Å². The molecule has 0 aliphatic carbocycles. The predicted octanol–water partition coefficient (Wildman–Crippen LogP) is 6.88. The van der Waals surface area contributed by atoms with Crippen molar-refractivity contribution in [3.63, 3.8) is 0 Å². The summed E-state index contributed by atoms with van der Waals surface area (Å²) in [6, 6.07) is -0.674. The summed E-state index contributed by atoms with van der Waals surface area (Å²) < 4.78 is 0. The van der Waals surface area contributed by atoms with Crippen molar-refractivity contribution in [2.75, 3.05) is 6.61 Å². The molecule has 1 amide bonds. The standard InChI is InChI=1S/C30H49NO3/c1-3-5-7-9-11-12-13-14-15-16-17-18-20-22-24-26-30(34)31-28(27-32)29(33)25-23-21-19-10-8-6-4-2/h5,7,11-12,14-15,17-18,22-25,28-29,32-33H,3-4,6,8-10,13,16,19-21,26-27H2,1-2H3,(H,31,34)/b7-5-,12-11-,15-14-,18-17-,24-22-,25-23+. The molecule has 0 aromatic rings. The third-order valence-corrected chi connectivity index (χ3v) is 5.22. The second-order valence-corrected chi connectivity index (χ2v) is 8.39. The molecule has 0 saturated heterocycles. The number of hydrogen-bond donors (Lipinski definition) is 3. The van der Waals surface area contributed by atoms with Gasteiger partial charge in [0.1, 0.15) is 0 Å². The molecule has 4 nitrogen and oxygen atoms in total. The highest BCUT2D eigenvalue weighted by Crippen LogP contribution is 2.06. The Balaban J connectivity index is 3.96. The first-order valence-electron chi connectivity index (χ1n) is 13.2. The molecule has 0 aliphatic rings. The lowest BCUT2D eigenvalue weighted by Crippen LogP contribution is -2.44. The first-order chi connectivity index (χ1) is 16.7. The minimum atomic E-state index is -0.877. The first-order valence-corrected chi connectivity index (χ1v) is 13.2. The molecule has 0 aromatic carbocycles. The van der Waals surface area contributed by atoms with Crippen molar-refractivity contribution in [2.24, 2.45) is 0 Å². The van der Waals surface area contributed by atoms with Gasteiger partial charge < -0.3 is 15.5 Å². The van der Waals surface area contributed by atoms with Crippen molar-refractivity contribution >= 4 is 5.91 Å². The van der Waals surface area contributed by atoms with Crippen LogP contribution in [-0.2, 0) is 4.79 Å². The summed E-state index contributed by atoms with van der Waals surface area (Å²) in [5, 5.41) is 22.4. The lowest BCUT2D eigenvalue weighted by atomic mass is 10.1. The van der Waals surface area contributed by atoms with Gasteiger partial charge in [0, 0.05) is 6.42 Å². The molecule has 0 fully saturated rings. The number of unbranched alkanes of at least 4 members (excludes halogenated alkanes) is 5. The highest BCUT2D eigenvalue weighted by molar-refractivity contribution is 5.77. The van der Waals surface area contributed by atoms with E-state index in [2.05, 4.69) is 67.8 Å². The number of carbonyl (C=O) groups excluding carboxylic acids is 1.